The summed E-state index contributed by atoms with van der Waals surface area (Å²) >= 11 is 0. The van der Waals surface area contributed by atoms with E-state index >= 15 is 0 Å². The van der Waals surface area contributed by atoms with Crippen LogP contribution in [0.5, 0.6) is 0 Å². The lowest BCUT2D eigenvalue weighted by atomic mass is 10.4. The topological polar surface area (TPSA) is 101 Å². The molecule has 2 rings (SSSR count). The monoisotopic (exact) mass is 213 g/mol. The second-order valence-electron chi connectivity index (χ2n) is 3.95. The number of nitrogens with zero attached hydrogens (tertiary/aromatic N) is 1. The molecule has 82 valence electrons. The van der Waals surface area contributed by atoms with Gasteiger partial charge in [-0.15, -0.1) is 0 Å². The number of hydrogen-bond donors (Lipinski definition) is 2. The molecular formula is C8H11N3O4. The number of hydrazine groups is 1. The zero-order valence-electron chi connectivity index (χ0n) is 7.93. The molecule has 2 N–H and O–H groups in total. The van der Waals surface area contributed by atoms with E-state index in [1.165, 1.54) is 0 Å². The summed E-state index contributed by atoms with van der Waals surface area (Å²) in [5, 5.41) is 10.3. The van der Waals surface area contributed by atoms with Crippen molar-refractivity contribution >= 4 is 11.8 Å². The van der Waals surface area contributed by atoms with Crippen molar-refractivity contribution in [1.82, 2.24) is 10.9 Å². The number of nitrogens with one attached hydrogen (secondary N) is 2. The van der Waals surface area contributed by atoms with Crippen LogP contribution in [-0.2, 0) is 9.59 Å². The van der Waals surface area contributed by atoms with Crippen LogP contribution in [0.3, 0.4) is 0 Å². The van der Waals surface area contributed by atoms with Crippen LogP contribution >= 0.6 is 0 Å². The van der Waals surface area contributed by atoms with Gasteiger partial charge >= 0.3 is 0 Å². The Balaban J connectivity index is 1.69. The van der Waals surface area contributed by atoms with E-state index in [1.54, 1.807) is 0 Å². The summed E-state index contributed by atoms with van der Waals surface area (Å²) in [4.78, 5) is 32.2. The Morgan fingerprint density at radius 1 is 1.20 bits per heavy atom. The zero-order chi connectivity index (χ0) is 11.0. The van der Waals surface area contributed by atoms with Crippen molar-refractivity contribution in [1.29, 1.82) is 0 Å². The molecule has 15 heavy (non-hydrogen) atoms. The molecule has 2 aliphatic rings. The molecule has 0 spiro atoms. The van der Waals surface area contributed by atoms with Crippen LogP contribution in [0.15, 0.2) is 0 Å². The molecule has 0 aromatic heterocycles. The van der Waals surface area contributed by atoms with Gasteiger partial charge in [-0.3, -0.25) is 30.6 Å². The minimum Gasteiger partial charge on any atom is -0.273 e. The minimum absolute atomic E-state index is 0.0100. The fraction of sp³-hybridized carbons (Fsp3) is 0.750. The van der Waals surface area contributed by atoms with E-state index in [2.05, 4.69) is 10.9 Å². The Kier molecular flexibility index (Phi) is 2.29. The molecule has 0 aliphatic heterocycles. The predicted molar refractivity (Wildman–Crippen MR) is 47.9 cm³/mol. The molecule has 2 amide bonds. The maximum atomic E-state index is 11.2. The maximum absolute atomic E-state index is 11.2. The Bertz CT molecular complexity index is 326. The number of amides is 2. The second-order valence-corrected chi connectivity index (χ2v) is 3.95. The first-order valence-electron chi connectivity index (χ1n) is 4.83. The first-order chi connectivity index (χ1) is 7.09. The fourth-order valence-corrected chi connectivity index (χ4v) is 1.36. The van der Waals surface area contributed by atoms with Gasteiger partial charge in [0, 0.05) is 17.3 Å². The van der Waals surface area contributed by atoms with Crippen LogP contribution in [0.4, 0.5) is 0 Å². The van der Waals surface area contributed by atoms with Gasteiger partial charge in [0.2, 0.25) is 17.9 Å². The molecule has 0 heterocycles. The van der Waals surface area contributed by atoms with Crippen molar-refractivity contribution in [3.05, 3.63) is 10.1 Å². The molecule has 0 radical (unpaired) electrons. The van der Waals surface area contributed by atoms with Crippen LogP contribution in [0.1, 0.15) is 19.3 Å². The molecule has 7 nitrogen and oxygen atoms in total. The molecule has 0 bridgehead atoms. The first kappa shape index (κ1) is 9.88. The highest BCUT2D eigenvalue weighted by Gasteiger charge is 2.53. The maximum Gasteiger partial charge on any atom is 0.248 e. The third kappa shape index (κ3) is 2.23. The van der Waals surface area contributed by atoms with Gasteiger partial charge in [0.1, 0.15) is 5.92 Å². The normalized spacial score (nSPS) is 28.0. The quantitative estimate of drug-likeness (QED) is 0.473. The summed E-state index contributed by atoms with van der Waals surface area (Å²) in [6.45, 7) is 0. The van der Waals surface area contributed by atoms with Crippen molar-refractivity contribution in [2.24, 2.45) is 11.8 Å². The molecule has 2 aliphatic carbocycles. The molecule has 0 unspecified atom stereocenters. The van der Waals surface area contributed by atoms with Crippen molar-refractivity contribution in [3.63, 3.8) is 0 Å². The van der Waals surface area contributed by atoms with Crippen LogP contribution < -0.4 is 10.9 Å². The number of carbonyl (C=O) groups excluding carboxylic acids is 2. The summed E-state index contributed by atoms with van der Waals surface area (Å²) < 4.78 is 0. The van der Waals surface area contributed by atoms with Gasteiger partial charge in [0.15, 0.2) is 0 Å². The Morgan fingerprint density at radius 2 is 1.80 bits per heavy atom. The summed E-state index contributed by atoms with van der Waals surface area (Å²) in [5.41, 5.74) is 4.47. The van der Waals surface area contributed by atoms with Gasteiger partial charge < -0.3 is 0 Å². The smallest absolute Gasteiger partial charge is 0.248 e. The summed E-state index contributed by atoms with van der Waals surface area (Å²) in [6.07, 6.45) is 1.96. The molecular weight excluding hydrogens is 202 g/mol. The molecule has 2 atom stereocenters. The van der Waals surface area contributed by atoms with Crippen LogP contribution in [0.25, 0.3) is 0 Å². The van der Waals surface area contributed by atoms with E-state index in [0.717, 1.165) is 12.8 Å². The van der Waals surface area contributed by atoms with Gasteiger partial charge in [-0.1, -0.05) is 0 Å². The SMILES string of the molecule is O=C(NNC(=O)[C@@H]1C[C@@H]1[N+](=O)[O-])C1CC1. The highest BCUT2D eigenvalue weighted by atomic mass is 16.6. The molecule has 7 heteroatoms. The highest BCUT2D eigenvalue weighted by Crippen LogP contribution is 2.33. The van der Waals surface area contributed by atoms with Crippen LogP contribution in [-0.4, -0.2) is 22.8 Å². The Labute approximate surface area is 85.3 Å². The summed E-state index contributed by atoms with van der Waals surface area (Å²) in [6, 6.07) is -0.775. The van der Waals surface area contributed by atoms with Crippen molar-refractivity contribution in [2.45, 2.75) is 25.3 Å². The molecule has 0 aromatic rings. The summed E-state index contributed by atoms with van der Waals surface area (Å²) in [7, 11) is 0. The van der Waals surface area contributed by atoms with Crippen LogP contribution in [0, 0.1) is 22.0 Å². The highest BCUT2D eigenvalue weighted by molar-refractivity contribution is 5.86. The van der Waals surface area contributed by atoms with Gasteiger partial charge in [0.25, 0.3) is 0 Å². The van der Waals surface area contributed by atoms with Gasteiger partial charge in [0.05, 0.1) is 0 Å². The van der Waals surface area contributed by atoms with E-state index < -0.39 is 22.8 Å². The van der Waals surface area contributed by atoms with Gasteiger partial charge in [-0.2, -0.15) is 0 Å². The lowest BCUT2D eigenvalue weighted by Crippen LogP contribution is -2.43. The molecule has 0 aromatic carbocycles. The van der Waals surface area contributed by atoms with Crippen LogP contribution in [0.2, 0.25) is 0 Å². The zero-order valence-corrected chi connectivity index (χ0v) is 7.93. The number of rotatable bonds is 3. The average Bonchev–Trinajstić information content (AvgIpc) is 3.05. The standard InChI is InChI=1S/C8H11N3O4/c12-7(4-1-2-4)9-10-8(13)5-3-6(5)11(14)15/h4-6H,1-3H2,(H,9,12)(H,10,13)/t5-,6+/m1/s1. The Morgan fingerprint density at radius 3 is 2.27 bits per heavy atom. The van der Waals surface area contributed by atoms with E-state index in [4.69, 9.17) is 0 Å². The lowest BCUT2D eigenvalue weighted by molar-refractivity contribution is -0.497. The number of hydrogen-bond acceptors (Lipinski definition) is 4. The van der Waals surface area contributed by atoms with Gasteiger partial charge in [-0.25, -0.2) is 0 Å². The summed E-state index contributed by atoms with van der Waals surface area (Å²) in [5.74, 6) is -1.25. The van der Waals surface area contributed by atoms with E-state index in [-0.39, 0.29) is 18.2 Å². The van der Waals surface area contributed by atoms with Crippen molar-refractivity contribution < 1.29 is 14.5 Å². The van der Waals surface area contributed by atoms with E-state index in [0.29, 0.717) is 0 Å². The average molecular weight is 213 g/mol. The molecule has 2 fully saturated rings. The number of carbonyl (C=O) groups is 2. The van der Waals surface area contributed by atoms with Gasteiger partial charge in [-0.05, 0) is 12.8 Å². The largest absolute Gasteiger partial charge is 0.273 e. The second kappa shape index (κ2) is 3.48. The third-order valence-electron chi connectivity index (χ3n) is 2.62. The van der Waals surface area contributed by atoms with Crippen molar-refractivity contribution in [2.75, 3.05) is 0 Å². The Hall–Kier alpha value is -1.66. The molecule has 0 saturated heterocycles. The predicted octanol–water partition coefficient (Wildman–Crippen LogP) is -0.791. The first-order valence-corrected chi connectivity index (χ1v) is 4.83. The van der Waals surface area contributed by atoms with Crippen molar-refractivity contribution in [3.8, 4) is 0 Å². The minimum atomic E-state index is -0.775. The number of nitro groups is 1. The van der Waals surface area contributed by atoms with E-state index in [1.807, 2.05) is 0 Å². The molecule has 2 saturated carbocycles. The third-order valence-corrected chi connectivity index (χ3v) is 2.62. The fourth-order valence-electron chi connectivity index (χ4n) is 1.36. The van der Waals surface area contributed by atoms with E-state index in [9.17, 15) is 19.7 Å². The lowest BCUT2D eigenvalue weighted by Gasteiger charge is -2.04.